The first-order chi connectivity index (χ1) is 14.9. The summed E-state index contributed by atoms with van der Waals surface area (Å²) in [7, 11) is 0. The molecule has 2 atom stereocenters. The van der Waals surface area contributed by atoms with Crippen LogP contribution in [0.2, 0.25) is 0 Å². The second kappa shape index (κ2) is 9.53. The summed E-state index contributed by atoms with van der Waals surface area (Å²) in [5, 5.41) is 9.61. The Balaban J connectivity index is 1.30. The van der Waals surface area contributed by atoms with Crippen LogP contribution >= 0.6 is 0 Å². The van der Waals surface area contributed by atoms with E-state index in [4.69, 9.17) is 13.9 Å². The molecule has 0 radical (unpaired) electrons. The number of aliphatic carboxylic acids is 1. The molecule has 2 aliphatic carbocycles. The summed E-state index contributed by atoms with van der Waals surface area (Å²) in [6.45, 7) is 4.92. The van der Waals surface area contributed by atoms with Crippen LogP contribution in [-0.2, 0) is 20.9 Å². The molecule has 0 aliphatic heterocycles. The van der Waals surface area contributed by atoms with Crippen LogP contribution in [0.3, 0.4) is 0 Å². The Labute approximate surface area is 184 Å². The molecule has 1 heterocycles. The zero-order valence-corrected chi connectivity index (χ0v) is 18.6. The van der Waals surface area contributed by atoms with Crippen molar-refractivity contribution in [3.05, 3.63) is 41.3 Å². The summed E-state index contributed by atoms with van der Waals surface area (Å²) in [6.07, 6.45) is 7.33. The van der Waals surface area contributed by atoms with Gasteiger partial charge in [-0.2, -0.15) is 0 Å². The van der Waals surface area contributed by atoms with Gasteiger partial charge in [0.25, 0.3) is 0 Å². The number of hydrogen-bond donors (Lipinski definition) is 1. The second-order valence-electron chi connectivity index (χ2n) is 9.17. The fourth-order valence-electron chi connectivity index (χ4n) is 4.77. The van der Waals surface area contributed by atoms with Gasteiger partial charge in [0.1, 0.15) is 11.5 Å². The Kier molecular flexibility index (Phi) is 6.77. The number of carboxylic acids is 1. The van der Waals surface area contributed by atoms with Crippen molar-refractivity contribution in [2.45, 2.75) is 83.5 Å². The van der Waals surface area contributed by atoms with E-state index < -0.39 is 11.6 Å². The van der Waals surface area contributed by atoms with Crippen LogP contribution < -0.4 is 0 Å². The SMILES string of the molecule is Cc1ccc(-c2nc(CO[C@@H]3CCC[C@H](COC4(C(=O)O)CCCC4)C3)c(C)o2)cc1. The van der Waals surface area contributed by atoms with Gasteiger partial charge in [0.15, 0.2) is 5.60 Å². The Morgan fingerprint density at radius 1 is 1.16 bits per heavy atom. The van der Waals surface area contributed by atoms with E-state index in [-0.39, 0.29) is 6.10 Å². The normalized spacial score (nSPS) is 23.2. The van der Waals surface area contributed by atoms with Gasteiger partial charge in [0.2, 0.25) is 5.89 Å². The number of benzene rings is 1. The molecule has 0 bridgehead atoms. The van der Waals surface area contributed by atoms with Crippen molar-refractivity contribution in [1.29, 1.82) is 0 Å². The van der Waals surface area contributed by atoms with Crippen molar-refractivity contribution in [2.24, 2.45) is 5.92 Å². The van der Waals surface area contributed by atoms with Crippen LogP contribution in [0.4, 0.5) is 0 Å². The summed E-state index contributed by atoms with van der Waals surface area (Å²) in [4.78, 5) is 16.4. The van der Waals surface area contributed by atoms with Crippen LogP contribution in [-0.4, -0.2) is 34.4 Å². The summed E-state index contributed by atoms with van der Waals surface area (Å²) >= 11 is 0. The number of hydrogen-bond acceptors (Lipinski definition) is 5. The minimum atomic E-state index is -0.960. The lowest BCUT2D eigenvalue weighted by Crippen LogP contribution is -2.40. The van der Waals surface area contributed by atoms with Crippen molar-refractivity contribution in [2.75, 3.05) is 6.61 Å². The molecule has 1 aromatic carbocycles. The maximum atomic E-state index is 11.7. The standard InChI is InChI=1S/C25H33NO5/c1-17-8-10-20(11-9-17)23-26-22(18(2)31-23)16-29-21-7-5-6-19(14-21)15-30-25(24(27)28)12-3-4-13-25/h8-11,19,21H,3-7,12-16H2,1-2H3,(H,27,28)/t19-,21+/m0/s1. The molecule has 0 amide bonds. The second-order valence-corrected chi connectivity index (χ2v) is 9.17. The van der Waals surface area contributed by atoms with Gasteiger partial charge in [-0.15, -0.1) is 0 Å². The molecule has 0 saturated heterocycles. The van der Waals surface area contributed by atoms with E-state index >= 15 is 0 Å². The minimum absolute atomic E-state index is 0.144. The molecule has 2 aliphatic rings. The van der Waals surface area contributed by atoms with Gasteiger partial charge in [-0.1, -0.05) is 24.1 Å². The number of rotatable bonds is 8. The zero-order valence-electron chi connectivity index (χ0n) is 18.6. The van der Waals surface area contributed by atoms with E-state index in [1.165, 1.54) is 5.56 Å². The van der Waals surface area contributed by atoms with Gasteiger partial charge in [0.05, 0.1) is 19.3 Å². The fraction of sp³-hybridized carbons (Fsp3) is 0.600. The van der Waals surface area contributed by atoms with Crippen LogP contribution in [0.5, 0.6) is 0 Å². The van der Waals surface area contributed by atoms with Gasteiger partial charge in [-0.05, 0) is 76.8 Å². The first kappa shape index (κ1) is 22.0. The van der Waals surface area contributed by atoms with Crippen LogP contribution in [0.25, 0.3) is 11.5 Å². The number of carbonyl (C=O) groups is 1. The van der Waals surface area contributed by atoms with Crippen LogP contribution in [0.1, 0.15) is 68.4 Å². The Hall–Kier alpha value is -2.18. The molecular formula is C25H33NO5. The molecule has 1 N–H and O–H groups in total. The number of ether oxygens (including phenoxy) is 2. The molecule has 0 unspecified atom stereocenters. The highest BCUT2D eigenvalue weighted by Gasteiger charge is 2.43. The van der Waals surface area contributed by atoms with E-state index in [0.717, 1.165) is 55.5 Å². The van der Waals surface area contributed by atoms with Gasteiger partial charge >= 0.3 is 5.97 Å². The molecule has 2 fully saturated rings. The van der Waals surface area contributed by atoms with Crippen molar-refractivity contribution >= 4 is 5.97 Å². The summed E-state index contributed by atoms with van der Waals surface area (Å²) in [5.41, 5.74) is 2.05. The third-order valence-electron chi connectivity index (χ3n) is 6.78. The minimum Gasteiger partial charge on any atom is -0.479 e. The number of oxazole rings is 1. The van der Waals surface area contributed by atoms with Crippen molar-refractivity contribution in [3.8, 4) is 11.5 Å². The van der Waals surface area contributed by atoms with E-state index in [2.05, 4.69) is 24.0 Å². The first-order valence-electron chi connectivity index (χ1n) is 11.5. The molecule has 31 heavy (non-hydrogen) atoms. The molecule has 1 aromatic heterocycles. The maximum absolute atomic E-state index is 11.7. The van der Waals surface area contributed by atoms with E-state index in [9.17, 15) is 9.90 Å². The number of aromatic nitrogens is 1. The molecular weight excluding hydrogens is 394 g/mol. The Bertz CT molecular complexity index is 882. The lowest BCUT2D eigenvalue weighted by Gasteiger charge is -2.32. The predicted octanol–water partition coefficient (Wildman–Crippen LogP) is 5.45. The molecule has 2 aromatic rings. The summed E-state index contributed by atoms with van der Waals surface area (Å²) in [5.74, 6) is 0.953. The highest BCUT2D eigenvalue weighted by Crippen LogP contribution is 2.36. The Morgan fingerprint density at radius 3 is 2.61 bits per heavy atom. The van der Waals surface area contributed by atoms with Crippen molar-refractivity contribution in [3.63, 3.8) is 0 Å². The van der Waals surface area contributed by atoms with Crippen molar-refractivity contribution < 1.29 is 23.8 Å². The van der Waals surface area contributed by atoms with Crippen molar-refractivity contribution in [1.82, 2.24) is 4.98 Å². The smallest absolute Gasteiger partial charge is 0.335 e. The topological polar surface area (TPSA) is 81.8 Å². The van der Waals surface area contributed by atoms with Gasteiger partial charge in [-0.25, -0.2) is 9.78 Å². The monoisotopic (exact) mass is 427 g/mol. The van der Waals surface area contributed by atoms with Gasteiger partial charge in [0, 0.05) is 5.56 Å². The van der Waals surface area contributed by atoms with Crippen LogP contribution in [0.15, 0.2) is 28.7 Å². The third kappa shape index (κ3) is 5.18. The molecule has 6 heteroatoms. The van der Waals surface area contributed by atoms with E-state index in [1.807, 2.05) is 19.1 Å². The van der Waals surface area contributed by atoms with Crippen LogP contribution in [0, 0.1) is 19.8 Å². The van der Waals surface area contributed by atoms with E-state index in [1.54, 1.807) is 0 Å². The molecule has 2 saturated carbocycles. The molecule has 0 spiro atoms. The molecule has 168 valence electrons. The lowest BCUT2D eigenvalue weighted by molar-refractivity contribution is -0.168. The zero-order chi connectivity index (χ0) is 21.8. The first-order valence-corrected chi connectivity index (χ1v) is 11.5. The largest absolute Gasteiger partial charge is 0.479 e. The lowest BCUT2D eigenvalue weighted by atomic mass is 9.87. The molecule has 6 nitrogen and oxygen atoms in total. The summed E-state index contributed by atoms with van der Waals surface area (Å²) < 4.78 is 18.1. The quantitative estimate of drug-likeness (QED) is 0.603. The van der Waals surface area contributed by atoms with Gasteiger partial charge < -0.3 is 19.0 Å². The Morgan fingerprint density at radius 2 is 1.90 bits per heavy atom. The maximum Gasteiger partial charge on any atom is 0.335 e. The third-order valence-corrected chi connectivity index (χ3v) is 6.78. The summed E-state index contributed by atoms with van der Waals surface area (Å²) in [6, 6.07) is 8.14. The highest BCUT2D eigenvalue weighted by molar-refractivity contribution is 5.77. The average molecular weight is 428 g/mol. The highest BCUT2D eigenvalue weighted by atomic mass is 16.5. The average Bonchev–Trinajstić information content (AvgIpc) is 3.39. The number of aryl methyl sites for hydroxylation is 2. The number of carboxylic acid groups (broad SMARTS) is 1. The predicted molar refractivity (Wildman–Crippen MR) is 117 cm³/mol. The molecule has 4 rings (SSSR count). The van der Waals surface area contributed by atoms with E-state index in [0.29, 0.717) is 37.9 Å². The number of nitrogens with zero attached hydrogens (tertiary/aromatic N) is 1. The fourth-order valence-corrected chi connectivity index (χ4v) is 4.77. The van der Waals surface area contributed by atoms with Gasteiger partial charge in [-0.3, -0.25) is 0 Å².